The highest BCUT2D eigenvalue weighted by Gasteiger charge is 2.16. The molecule has 0 aliphatic rings. The van der Waals surface area contributed by atoms with E-state index in [2.05, 4.69) is 0 Å². The van der Waals surface area contributed by atoms with Crippen LogP contribution in [0.1, 0.15) is 39.5 Å². The highest BCUT2D eigenvalue weighted by Crippen LogP contribution is 2.07. The summed E-state index contributed by atoms with van der Waals surface area (Å²) in [7, 11) is 1.56. The quantitative estimate of drug-likeness (QED) is 0.547. The van der Waals surface area contributed by atoms with Crippen LogP contribution in [-0.2, 0) is 14.3 Å². The van der Waals surface area contributed by atoms with Crippen molar-refractivity contribution in [3.63, 3.8) is 0 Å². The monoisotopic (exact) mass is 188 g/mol. The SMILES string of the molecule is CCCC(=O)[C@@H](CCC)OCOC. The lowest BCUT2D eigenvalue weighted by atomic mass is 10.1. The van der Waals surface area contributed by atoms with E-state index in [1.54, 1.807) is 7.11 Å². The summed E-state index contributed by atoms with van der Waals surface area (Å²) in [6.45, 7) is 4.25. The zero-order valence-corrected chi connectivity index (χ0v) is 8.84. The molecule has 0 aromatic rings. The molecule has 3 heteroatoms. The standard InChI is InChI=1S/C10H20O3/c1-4-6-9(11)10(7-5-2)13-8-12-3/h10H,4-8H2,1-3H3/t10-/m1/s1. The summed E-state index contributed by atoms with van der Waals surface area (Å²) in [5, 5.41) is 0. The summed E-state index contributed by atoms with van der Waals surface area (Å²) in [6, 6.07) is 0. The lowest BCUT2D eigenvalue weighted by molar-refractivity contribution is -0.140. The molecule has 0 spiro atoms. The van der Waals surface area contributed by atoms with Crippen LogP contribution in [0.15, 0.2) is 0 Å². The lowest BCUT2D eigenvalue weighted by Gasteiger charge is -2.14. The van der Waals surface area contributed by atoms with Gasteiger partial charge in [-0.05, 0) is 12.8 Å². The molecule has 1 atom stereocenters. The van der Waals surface area contributed by atoms with Gasteiger partial charge in [0.1, 0.15) is 12.9 Å². The second kappa shape index (κ2) is 8.20. The van der Waals surface area contributed by atoms with Gasteiger partial charge in [-0.2, -0.15) is 0 Å². The van der Waals surface area contributed by atoms with Gasteiger partial charge in [-0.1, -0.05) is 20.3 Å². The van der Waals surface area contributed by atoms with Gasteiger partial charge < -0.3 is 9.47 Å². The van der Waals surface area contributed by atoms with Crippen molar-refractivity contribution in [3.05, 3.63) is 0 Å². The van der Waals surface area contributed by atoms with E-state index < -0.39 is 0 Å². The first-order valence-corrected chi connectivity index (χ1v) is 4.89. The largest absolute Gasteiger partial charge is 0.359 e. The number of carbonyl (C=O) groups excluding carboxylic acids is 1. The van der Waals surface area contributed by atoms with Crippen molar-refractivity contribution >= 4 is 5.78 Å². The normalized spacial score (nSPS) is 12.8. The first kappa shape index (κ1) is 12.6. The van der Waals surface area contributed by atoms with Crippen LogP contribution in [0.3, 0.4) is 0 Å². The Hall–Kier alpha value is -0.410. The predicted octanol–water partition coefficient (Wildman–Crippen LogP) is 2.14. The molecule has 78 valence electrons. The third-order valence-electron chi connectivity index (χ3n) is 1.79. The van der Waals surface area contributed by atoms with E-state index in [9.17, 15) is 4.79 Å². The van der Waals surface area contributed by atoms with Crippen molar-refractivity contribution in [1.82, 2.24) is 0 Å². The Morgan fingerprint density at radius 2 is 2.00 bits per heavy atom. The summed E-state index contributed by atoms with van der Waals surface area (Å²) in [4.78, 5) is 11.5. The van der Waals surface area contributed by atoms with Crippen molar-refractivity contribution in [2.75, 3.05) is 13.9 Å². The smallest absolute Gasteiger partial charge is 0.161 e. The summed E-state index contributed by atoms with van der Waals surface area (Å²) < 4.78 is 10.0. The van der Waals surface area contributed by atoms with Gasteiger partial charge in [-0.3, -0.25) is 4.79 Å². The number of hydrogen-bond acceptors (Lipinski definition) is 3. The molecule has 0 rings (SSSR count). The Bertz CT molecular complexity index is 134. The first-order valence-electron chi connectivity index (χ1n) is 4.89. The zero-order chi connectivity index (χ0) is 10.1. The fourth-order valence-corrected chi connectivity index (χ4v) is 1.16. The van der Waals surface area contributed by atoms with E-state index in [0.717, 1.165) is 19.3 Å². The molecule has 0 aromatic heterocycles. The van der Waals surface area contributed by atoms with Gasteiger partial charge in [-0.15, -0.1) is 0 Å². The van der Waals surface area contributed by atoms with E-state index in [1.807, 2.05) is 13.8 Å². The Morgan fingerprint density at radius 1 is 1.31 bits per heavy atom. The number of ether oxygens (including phenoxy) is 2. The van der Waals surface area contributed by atoms with Gasteiger partial charge in [0.15, 0.2) is 5.78 Å². The van der Waals surface area contributed by atoms with Crippen LogP contribution in [0.25, 0.3) is 0 Å². The van der Waals surface area contributed by atoms with E-state index >= 15 is 0 Å². The van der Waals surface area contributed by atoms with Gasteiger partial charge >= 0.3 is 0 Å². The van der Waals surface area contributed by atoms with Crippen LogP contribution in [0.4, 0.5) is 0 Å². The molecule has 0 saturated heterocycles. The zero-order valence-electron chi connectivity index (χ0n) is 8.84. The van der Waals surface area contributed by atoms with Crippen LogP contribution < -0.4 is 0 Å². The second-order valence-corrected chi connectivity index (χ2v) is 3.07. The topological polar surface area (TPSA) is 35.5 Å². The summed E-state index contributed by atoms with van der Waals surface area (Å²) in [5.74, 6) is 0.196. The number of ketones is 1. The average Bonchev–Trinajstić information content (AvgIpc) is 2.12. The van der Waals surface area contributed by atoms with Crippen LogP contribution in [0.5, 0.6) is 0 Å². The number of Topliss-reactive ketones (excluding diaryl/α,β-unsaturated/α-hetero) is 1. The molecule has 0 unspecified atom stereocenters. The average molecular weight is 188 g/mol. The Morgan fingerprint density at radius 3 is 2.46 bits per heavy atom. The maximum atomic E-state index is 11.5. The molecular formula is C10H20O3. The molecule has 0 fully saturated rings. The molecule has 0 aliphatic heterocycles. The molecule has 0 saturated carbocycles. The molecule has 0 heterocycles. The highest BCUT2D eigenvalue weighted by atomic mass is 16.7. The second-order valence-electron chi connectivity index (χ2n) is 3.07. The van der Waals surface area contributed by atoms with Crippen LogP contribution in [0.2, 0.25) is 0 Å². The summed E-state index contributed by atoms with van der Waals surface area (Å²) in [5.41, 5.74) is 0. The van der Waals surface area contributed by atoms with Crippen molar-refractivity contribution in [2.45, 2.75) is 45.6 Å². The molecule has 0 amide bonds. The van der Waals surface area contributed by atoms with Gasteiger partial charge in [-0.25, -0.2) is 0 Å². The van der Waals surface area contributed by atoms with Crippen LogP contribution >= 0.6 is 0 Å². The van der Waals surface area contributed by atoms with E-state index in [1.165, 1.54) is 0 Å². The predicted molar refractivity (Wildman–Crippen MR) is 51.6 cm³/mol. The Balaban J connectivity index is 3.83. The lowest BCUT2D eigenvalue weighted by Crippen LogP contribution is -2.24. The van der Waals surface area contributed by atoms with Gasteiger partial charge in [0.25, 0.3) is 0 Å². The molecule has 3 nitrogen and oxygen atoms in total. The number of methoxy groups -OCH3 is 1. The van der Waals surface area contributed by atoms with Gasteiger partial charge in [0, 0.05) is 13.5 Å². The molecule has 0 aromatic carbocycles. The fourth-order valence-electron chi connectivity index (χ4n) is 1.16. The number of carbonyl (C=O) groups is 1. The third kappa shape index (κ3) is 5.77. The van der Waals surface area contributed by atoms with Crippen LogP contribution in [-0.4, -0.2) is 25.8 Å². The minimum Gasteiger partial charge on any atom is -0.359 e. The fraction of sp³-hybridized carbons (Fsp3) is 0.900. The minimum atomic E-state index is -0.259. The van der Waals surface area contributed by atoms with Crippen molar-refractivity contribution in [2.24, 2.45) is 0 Å². The summed E-state index contributed by atoms with van der Waals surface area (Å²) >= 11 is 0. The van der Waals surface area contributed by atoms with Gasteiger partial charge in [0.2, 0.25) is 0 Å². The molecule has 13 heavy (non-hydrogen) atoms. The van der Waals surface area contributed by atoms with E-state index in [4.69, 9.17) is 9.47 Å². The van der Waals surface area contributed by atoms with Crippen molar-refractivity contribution in [3.8, 4) is 0 Å². The molecule has 0 radical (unpaired) electrons. The Kier molecular flexibility index (Phi) is 7.94. The first-order chi connectivity index (χ1) is 6.26. The molecule has 0 aliphatic carbocycles. The number of hydrogen-bond donors (Lipinski definition) is 0. The van der Waals surface area contributed by atoms with E-state index in [0.29, 0.717) is 6.42 Å². The molecule has 0 N–H and O–H groups in total. The maximum Gasteiger partial charge on any atom is 0.161 e. The van der Waals surface area contributed by atoms with Crippen LogP contribution in [0, 0.1) is 0 Å². The van der Waals surface area contributed by atoms with E-state index in [-0.39, 0.29) is 18.7 Å². The number of rotatable bonds is 8. The van der Waals surface area contributed by atoms with Crippen molar-refractivity contribution in [1.29, 1.82) is 0 Å². The third-order valence-corrected chi connectivity index (χ3v) is 1.79. The highest BCUT2D eigenvalue weighted by molar-refractivity contribution is 5.82. The molecular weight excluding hydrogens is 168 g/mol. The Labute approximate surface area is 80.4 Å². The minimum absolute atomic E-state index is 0.196. The summed E-state index contributed by atoms with van der Waals surface area (Å²) in [6.07, 6.45) is 2.99. The van der Waals surface area contributed by atoms with Crippen molar-refractivity contribution < 1.29 is 14.3 Å². The molecule has 0 bridgehead atoms. The maximum absolute atomic E-state index is 11.5. The van der Waals surface area contributed by atoms with Gasteiger partial charge in [0.05, 0.1) is 0 Å².